The normalized spacial score (nSPS) is 12.6. The van der Waals surface area contributed by atoms with E-state index in [0.29, 0.717) is 11.1 Å². The number of sulfone groups is 2. The van der Waals surface area contributed by atoms with Crippen LogP contribution in [-0.4, -0.2) is 16.8 Å². The first-order valence-electron chi connectivity index (χ1n) is 8.43. The highest BCUT2D eigenvalue weighted by atomic mass is 32.2. The van der Waals surface area contributed by atoms with Crippen LogP contribution in [0.4, 0.5) is 0 Å². The molecule has 3 rings (SSSR count). The zero-order valence-corrected chi connectivity index (χ0v) is 16.5. The van der Waals surface area contributed by atoms with E-state index in [2.05, 4.69) is 0 Å². The van der Waals surface area contributed by atoms with Gasteiger partial charge < -0.3 is 0 Å². The molecule has 6 heteroatoms. The molecule has 0 unspecified atom stereocenters. The minimum absolute atomic E-state index is 0.233. The summed E-state index contributed by atoms with van der Waals surface area (Å²) in [5, 5.41) is 2.32. The zero-order valence-electron chi connectivity index (χ0n) is 14.8. The van der Waals surface area contributed by atoms with E-state index in [4.69, 9.17) is 0 Å². The molecule has 0 N–H and O–H groups in total. The molecule has 0 saturated carbocycles. The van der Waals surface area contributed by atoms with E-state index in [1.54, 1.807) is 84.9 Å². The Morgan fingerprint density at radius 3 is 1.11 bits per heavy atom. The van der Waals surface area contributed by atoms with Gasteiger partial charge >= 0.3 is 0 Å². The first-order chi connectivity index (χ1) is 13.4. The van der Waals surface area contributed by atoms with E-state index in [1.807, 2.05) is 0 Å². The molecule has 0 aromatic heterocycles. The summed E-state index contributed by atoms with van der Waals surface area (Å²) in [6, 6.07) is 23.3. The van der Waals surface area contributed by atoms with Crippen LogP contribution in [0.3, 0.4) is 0 Å². The summed E-state index contributed by atoms with van der Waals surface area (Å²) in [6.45, 7) is 0. The Hall–Kier alpha value is -2.96. The summed E-state index contributed by atoms with van der Waals surface area (Å²) < 4.78 is 49.0. The Balaban J connectivity index is 1.74. The fourth-order valence-corrected chi connectivity index (χ4v) is 4.49. The van der Waals surface area contributed by atoms with Gasteiger partial charge in [0.05, 0.1) is 9.79 Å². The maximum absolute atomic E-state index is 12.3. The molecule has 0 fully saturated rings. The van der Waals surface area contributed by atoms with Gasteiger partial charge in [-0.3, -0.25) is 0 Å². The van der Waals surface area contributed by atoms with E-state index in [-0.39, 0.29) is 9.79 Å². The Bertz CT molecular complexity index is 1090. The Morgan fingerprint density at radius 2 is 0.786 bits per heavy atom. The fourth-order valence-electron chi connectivity index (χ4n) is 2.43. The molecule has 4 nitrogen and oxygen atoms in total. The van der Waals surface area contributed by atoms with Crippen LogP contribution in [0.25, 0.3) is 12.2 Å². The van der Waals surface area contributed by atoms with Crippen molar-refractivity contribution in [3.63, 3.8) is 0 Å². The number of hydrogen-bond acceptors (Lipinski definition) is 4. The van der Waals surface area contributed by atoms with Gasteiger partial charge in [-0.15, -0.1) is 0 Å². The van der Waals surface area contributed by atoms with Crippen molar-refractivity contribution >= 4 is 31.8 Å². The lowest BCUT2D eigenvalue weighted by atomic mass is 10.1. The Morgan fingerprint density at radius 1 is 0.464 bits per heavy atom. The number of hydrogen-bond donors (Lipinski definition) is 0. The van der Waals surface area contributed by atoms with Crippen molar-refractivity contribution in [3.05, 3.63) is 107 Å². The minimum Gasteiger partial charge on any atom is -0.219 e. The zero-order chi connectivity index (χ0) is 20.0. The van der Waals surface area contributed by atoms with Gasteiger partial charge in [-0.2, -0.15) is 0 Å². The van der Waals surface area contributed by atoms with E-state index < -0.39 is 19.7 Å². The van der Waals surface area contributed by atoms with Gasteiger partial charge in [0.2, 0.25) is 0 Å². The molecule has 0 atom stereocenters. The van der Waals surface area contributed by atoms with Crippen LogP contribution in [0.15, 0.2) is 106 Å². The van der Waals surface area contributed by atoms with Crippen LogP contribution < -0.4 is 0 Å². The highest BCUT2D eigenvalue weighted by Crippen LogP contribution is 2.16. The third-order valence-corrected chi connectivity index (χ3v) is 6.81. The molecule has 0 aliphatic carbocycles. The van der Waals surface area contributed by atoms with E-state index in [0.717, 1.165) is 10.8 Å². The Kier molecular flexibility index (Phi) is 5.92. The van der Waals surface area contributed by atoms with Crippen LogP contribution >= 0.6 is 0 Å². The average molecular weight is 411 g/mol. The highest BCUT2D eigenvalue weighted by molar-refractivity contribution is 7.94. The molecule has 0 aliphatic heterocycles. The first kappa shape index (κ1) is 19.8. The molecule has 3 aromatic rings. The van der Waals surface area contributed by atoms with Crippen molar-refractivity contribution in [2.75, 3.05) is 0 Å². The highest BCUT2D eigenvalue weighted by Gasteiger charge is 2.09. The van der Waals surface area contributed by atoms with Crippen LogP contribution in [0.2, 0.25) is 0 Å². The second-order valence-corrected chi connectivity index (χ2v) is 9.66. The molecule has 0 bridgehead atoms. The quantitative estimate of drug-likeness (QED) is 0.597. The maximum atomic E-state index is 12.3. The van der Waals surface area contributed by atoms with Crippen molar-refractivity contribution < 1.29 is 16.8 Å². The minimum atomic E-state index is -3.50. The second-order valence-electron chi connectivity index (χ2n) is 5.99. The van der Waals surface area contributed by atoms with Gasteiger partial charge in [-0.25, -0.2) is 16.8 Å². The molecule has 0 amide bonds. The molecule has 0 saturated heterocycles. The average Bonchev–Trinajstić information content (AvgIpc) is 2.73. The third-order valence-electron chi connectivity index (χ3n) is 3.96. The van der Waals surface area contributed by atoms with Crippen molar-refractivity contribution in [1.29, 1.82) is 0 Å². The first-order valence-corrected chi connectivity index (χ1v) is 11.5. The molecule has 0 heterocycles. The van der Waals surface area contributed by atoms with E-state index >= 15 is 0 Å². The summed E-state index contributed by atoms with van der Waals surface area (Å²) in [5.74, 6) is 0. The number of rotatable bonds is 6. The molecular formula is C22H18O4S2. The van der Waals surface area contributed by atoms with Crippen LogP contribution in [-0.2, 0) is 19.7 Å². The lowest BCUT2D eigenvalue weighted by Gasteiger charge is -2.00. The van der Waals surface area contributed by atoms with Crippen molar-refractivity contribution in [1.82, 2.24) is 0 Å². The molecular weight excluding hydrogens is 392 g/mol. The van der Waals surface area contributed by atoms with E-state index in [1.165, 1.54) is 12.2 Å². The van der Waals surface area contributed by atoms with Crippen LogP contribution in [0.5, 0.6) is 0 Å². The fraction of sp³-hybridized carbons (Fsp3) is 0. The summed E-state index contributed by atoms with van der Waals surface area (Å²) in [7, 11) is -7.01. The molecule has 0 radical (unpaired) electrons. The second kappa shape index (κ2) is 8.37. The lowest BCUT2D eigenvalue weighted by molar-refractivity contribution is 0.603. The van der Waals surface area contributed by atoms with Crippen molar-refractivity contribution in [2.45, 2.75) is 9.79 Å². The van der Waals surface area contributed by atoms with Crippen LogP contribution in [0, 0.1) is 0 Å². The standard InChI is InChI=1S/C22H18O4S2/c23-27(24,21-7-3-1-4-8-21)17-15-19-11-13-20(14-12-19)16-18-28(25,26)22-9-5-2-6-10-22/h1-18H/b17-15+,18-16+. The largest absolute Gasteiger partial charge is 0.219 e. The van der Waals surface area contributed by atoms with Gasteiger partial charge in [-0.1, -0.05) is 60.7 Å². The van der Waals surface area contributed by atoms with Crippen LogP contribution in [0.1, 0.15) is 11.1 Å². The SMILES string of the molecule is O=S(=O)(/C=C/c1ccc(/C=C/S(=O)(=O)c2ccccc2)cc1)c1ccccc1. The molecule has 142 valence electrons. The predicted octanol–water partition coefficient (Wildman–Crippen LogP) is 4.58. The summed E-state index contributed by atoms with van der Waals surface area (Å²) >= 11 is 0. The predicted molar refractivity (Wildman–Crippen MR) is 112 cm³/mol. The summed E-state index contributed by atoms with van der Waals surface area (Å²) in [4.78, 5) is 0.467. The summed E-state index contributed by atoms with van der Waals surface area (Å²) in [6.07, 6.45) is 3.02. The molecule has 0 aliphatic rings. The summed E-state index contributed by atoms with van der Waals surface area (Å²) in [5.41, 5.74) is 1.39. The van der Waals surface area contributed by atoms with E-state index in [9.17, 15) is 16.8 Å². The van der Waals surface area contributed by atoms with Gasteiger partial charge in [0.15, 0.2) is 19.7 Å². The molecule has 3 aromatic carbocycles. The lowest BCUT2D eigenvalue weighted by Crippen LogP contribution is -1.95. The van der Waals surface area contributed by atoms with Gasteiger partial charge in [-0.05, 0) is 47.5 Å². The van der Waals surface area contributed by atoms with Crippen molar-refractivity contribution in [3.8, 4) is 0 Å². The molecule has 0 spiro atoms. The monoisotopic (exact) mass is 410 g/mol. The van der Waals surface area contributed by atoms with Crippen molar-refractivity contribution in [2.24, 2.45) is 0 Å². The number of benzene rings is 3. The smallest absolute Gasteiger partial charge is 0.199 e. The topological polar surface area (TPSA) is 68.3 Å². The van der Waals surface area contributed by atoms with Gasteiger partial charge in [0, 0.05) is 10.8 Å². The maximum Gasteiger partial charge on any atom is 0.199 e. The van der Waals surface area contributed by atoms with Gasteiger partial charge in [0.25, 0.3) is 0 Å². The third kappa shape index (κ3) is 5.06. The molecule has 28 heavy (non-hydrogen) atoms. The Labute approximate surface area is 165 Å². The van der Waals surface area contributed by atoms with Gasteiger partial charge in [0.1, 0.15) is 0 Å².